The van der Waals surface area contributed by atoms with Gasteiger partial charge in [-0.15, -0.1) is 0 Å². The summed E-state index contributed by atoms with van der Waals surface area (Å²) in [5.74, 6) is 0.803. The Morgan fingerprint density at radius 2 is 2.35 bits per heavy atom. The van der Waals surface area contributed by atoms with Gasteiger partial charge >= 0.3 is 0 Å². The number of likely N-dealkylation sites (tertiary alicyclic amines) is 1. The first-order chi connectivity index (χ1) is 9.63. The molecule has 1 fully saturated rings. The maximum Gasteiger partial charge on any atom is 0.247 e. The Balaban J connectivity index is 1.76. The van der Waals surface area contributed by atoms with Gasteiger partial charge in [0.15, 0.2) is 0 Å². The molecule has 2 rings (SSSR count). The van der Waals surface area contributed by atoms with Crippen molar-refractivity contribution >= 4 is 11.8 Å². The van der Waals surface area contributed by atoms with Gasteiger partial charge in [0.2, 0.25) is 11.8 Å². The SMILES string of the molecule is CCC(C)N1C(=O)CC(NCCCc2ncc[nH]2)C1=O. The molecule has 0 saturated carbocycles. The number of aromatic amines is 1. The number of nitrogens with one attached hydrogen (secondary N) is 2. The molecular weight excluding hydrogens is 256 g/mol. The van der Waals surface area contributed by atoms with Crippen LogP contribution in [-0.2, 0) is 16.0 Å². The molecule has 2 N–H and O–H groups in total. The summed E-state index contributed by atoms with van der Waals surface area (Å²) in [6, 6.07) is -0.363. The van der Waals surface area contributed by atoms with Gasteiger partial charge in [0, 0.05) is 24.9 Å². The van der Waals surface area contributed by atoms with E-state index in [4.69, 9.17) is 0 Å². The van der Waals surface area contributed by atoms with Crippen LogP contribution in [-0.4, -0.2) is 45.3 Å². The van der Waals surface area contributed by atoms with Gasteiger partial charge < -0.3 is 10.3 Å². The van der Waals surface area contributed by atoms with Crippen molar-refractivity contribution in [2.45, 2.75) is 51.6 Å². The van der Waals surface area contributed by atoms with E-state index in [1.54, 1.807) is 12.4 Å². The van der Waals surface area contributed by atoms with E-state index in [0.29, 0.717) is 6.54 Å². The fourth-order valence-corrected chi connectivity index (χ4v) is 2.42. The van der Waals surface area contributed by atoms with Crippen LogP contribution >= 0.6 is 0 Å². The molecule has 0 bridgehead atoms. The van der Waals surface area contributed by atoms with Gasteiger partial charge in [-0.2, -0.15) is 0 Å². The van der Waals surface area contributed by atoms with E-state index >= 15 is 0 Å². The van der Waals surface area contributed by atoms with E-state index in [-0.39, 0.29) is 30.3 Å². The molecule has 1 aliphatic heterocycles. The second kappa shape index (κ2) is 6.65. The minimum absolute atomic E-state index is 0.00933. The molecule has 0 aromatic carbocycles. The number of amides is 2. The molecule has 2 amide bonds. The van der Waals surface area contributed by atoms with Gasteiger partial charge in [-0.1, -0.05) is 6.92 Å². The summed E-state index contributed by atoms with van der Waals surface area (Å²) < 4.78 is 0. The zero-order valence-corrected chi connectivity index (χ0v) is 12.1. The molecule has 1 aromatic heterocycles. The van der Waals surface area contributed by atoms with E-state index in [1.165, 1.54) is 4.90 Å². The number of carbonyl (C=O) groups excluding carboxylic acids is 2. The van der Waals surface area contributed by atoms with Crippen LogP contribution < -0.4 is 5.32 Å². The Labute approximate surface area is 119 Å². The summed E-state index contributed by atoms with van der Waals surface area (Å²) in [5, 5.41) is 3.18. The highest BCUT2D eigenvalue weighted by Crippen LogP contribution is 2.17. The Morgan fingerprint density at radius 1 is 1.55 bits per heavy atom. The second-order valence-corrected chi connectivity index (χ2v) is 5.21. The normalized spacial score (nSPS) is 20.7. The van der Waals surface area contributed by atoms with Crippen molar-refractivity contribution in [3.63, 3.8) is 0 Å². The van der Waals surface area contributed by atoms with Crippen LogP contribution in [0.5, 0.6) is 0 Å². The number of nitrogens with zero attached hydrogens (tertiary/aromatic N) is 2. The smallest absolute Gasteiger partial charge is 0.247 e. The maximum atomic E-state index is 12.2. The third-order valence-corrected chi connectivity index (χ3v) is 3.75. The van der Waals surface area contributed by atoms with Crippen molar-refractivity contribution in [1.82, 2.24) is 20.2 Å². The van der Waals surface area contributed by atoms with Gasteiger partial charge in [-0.05, 0) is 26.3 Å². The topological polar surface area (TPSA) is 78.1 Å². The van der Waals surface area contributed by atoms with Crippen molar-refractivity contribution in [3.8, 4) is 0 Å². The molecule has 2 unspecified atom stereocenters. The number of carbonyl (C=O) groups is 2. The molecule has 2 heterocycles. The van der Waals surface area contributed by atoms with Crippen molar-refractivity contribution in [2.75, 3.05) is 6.54 Å². The number of imidazole rings is 1. The zero-order chi connectivity index (χ0) is 14.5. The molecule has 1 aliphatic rings. The number of H-pyrrole nitrogens is 1. The first kappa shape index (κ1) is 14.7. The first-order valence-electron chi connectivity index (χ1n) is 7.21. The molecule has 2 atom stereocenters. The lowest BCUT2D eigenvalue weighted by Crippen LogP contribution is -2.42. The van der Waals surface area contributed by atoms with Crippen molar-refractivity contribution < 1.29 is 9.59 Å². The van der Waals surface area contributed by atoms with Crippen LogP contribution in [0.3, 0.4) is 0 Å². The fourth-order valence-electron chi connectivity index (χ4n) is 2.42. The highest BCUT2D eigenvalue weighted by atomic mass is 16.2. The summed E-state index contributed by atoms with van der Waals surface area (Å²) in [7, 11) is 0. The minimum atomic E-state index is -0.354. The van der Waals surface area contributed by atoms with Gasteiger partial charge in [0.1, 0.15) is 5.82 Å². The van der Waals surface area contributed by atoms with Crippen LogP contribution in [0.1, 0.15) is 38.9 Å². The Hall–Kier alpha value is -1.69. The molecule has 1 aromatic rings. The summed E-state index contributed by atoms with van der Waals surface area (Å²) >= 11 is 0. The minimum Gasteiger partial charge on any atom is -0.349 e. The van der Waals surface area contributed by atoms with E-state index in [9.17, 15) is 9.59 Å². The Kier molecular flexibility index (Phi) is 4.89. The average Bonchev–Trinajstić information content (AvgIpc) is 3.03. The van der Waals surface area contributed by atoms with Crippen molar-refractivity contribution in [2.24, 2.45) is 0 Å². The maximum absolute atomic E-state index is 12.2. The lowest BCUT2D eigenvalue weighted by atomic mass is 10.2. The summed E-state index contributed by atoms with van der Waals surface area (Å²) in [6.07, 6.45) is 6.32. The number of rotatable bonds is 7. The first-order valence-corrected chi connectivity index (χ1v) is 7.21. The standard InChI is InChI=1S/C14H22N4O2/c1-3-10(2)18-13(19)9-11(14(18)20)15-6-4-5-12-16-7-8-17-12/h7-8,10-11,15H,3-6,9H2,1-2H3,(H,16,17). The van der Waals surface area contributed by atoms with Crippen LogP contribution in [0.4, 0.5) is 0 Å². The second-order valence-electron chi connectivity index (χ2n) is 5.21. The molecule has 110 valence electrons. The molecule has 6 heteroatoms. The van der Waals surface area contributed by atoms with Gasteiger partial charge in [-0.3, -0.25) is 14.5 Å². The number of imide groups is 1. The molecular formula is C14H22N4O2. The molecule has 0 spiro atoms. The predicted molar refractivity (Wildman–Crippen MR) is 74.9 cm³/mol. The van der Waals surface area contributed by atoms with Gasteiger partial charge in [0.05, 0.1) is 12.5 Å². The van der Waals surface area contributed by atoms with Crippen LogP contribution in [0.25, 0.3) is 0 Å². The molecule has 0 aliphatic carbocycles. The van der Waals surface area contributed by atoms with Crippen molar-refractivity contribution in [3.05, 3.63) is 18.2 Å². The van der Waals surface area contributed by atoms with E-state index in [1.807, 2.05) is 13.8 Å². The molecule has 0 radical (unpaired) electrons. The highest BCUT2D eigenvalue weighted by molar-refractivity contribution is 6.05. The molecule has 1 saturated heterocycles. The number of hydrogen-bond donors (Lipinski definition) is 2. The van der Waals surface area contributed by atoms with Crippen LogP contribution in [0.15, 0.2) is 12.4 Å². The Morgan fingerprint density at radius 3 is 3.00 bits per heavy atom. The van der Waals surface area contributed by atoms with Crippen LogP contribution in [0.2, 0.25) is 0 Å². The summed E-state index contributed by atoms with van der Waals surface area (Å²) in [6.45, 7) is 4.60. The zero-order valence-electron chi connectivity index (χ0n) is 12.1. The van der Waals surface area contributed by atoms with E-state index in [2.05, 4.69) is 15.3 Å². The van der Waals surface area contributed by atoms with Gasteiger partial charge in [-0.25, -0.2) is 4.98 Å². The monoisotopic (exact) mass is 278 g/mol. The van der Waals surface area contributed by atoms with Crippen molar-refractivity contribution in [1.29, 1.82) is 0 Å². The fraction of sp³-hybridized carbons (Fsp3) is 0.643. The highest BCUT2D eigenvalue weighted by Gasteiger charge is 2.39. The number of aryl methyl sites for hydroxylation is 1. The molecule has 6 nitrogen and oxygen atoms in total. The lowest BCUT2D eigenvalue weighted by molar-refractivity contribution is -0.141. The number of aromatic nitrogens is 2. The predicted octanol–water partition coefficient (Wildman–Crippen LogP) is 0.858. The number of hydrogen-bond acceptors (Lipinski definition) is 4. The third kappa shape index (κ3) is 3.25. The third-order valence-electron chi connectivity index (χ3n) is 3.75. The Bertz CT molecular complexity index is 458. The van der Waals surface area contributed by atoms with Gasteiger partial charge in [0.25, 0.3) is 0 Å². The summed E-state index contributed by atoms with van der Waals surface area (Å²) in [4.78, 5) is 32.6. The largest absolute Gasteiger partial charge is 0.349 e. The molecule has 20 heavy (non-hydrogen) atoms. The van der Waals surface area contributed by atoms with E-state index < -0.39 is 0 Å². The van der Waals surface area contributed by atoms with E-state index in [0.717, 1.165) is 25.1 Å². The summed E-state index contributed by atoms with van der Waals surface area (Å²) in [5.41, 5.74) is 0. The average molecular weight is 278 g/mol. The lowest BCUT2D eigenvalue weighted by Gasteiger charge is -2.21. The van der Waals surface area contributed by atoms with Crippen LogP contribution in [0, 0.1) is 0 Å². The quantitative estimate of drug-likeness (QED) is 0.573.